The van der Waals surface area contributed by atoms with Gasteiger partial charge in [0.2, 0.25) is 5.95 Å². The van der Waals surface area contributed by atoms with E-state index in [2.05, 4.69) is 4.98 Å². The SMILES string of the molecule is Cc1ccc(OCCN(C)C(=O)c2ccnc(F)c2)cc1. The number of benzene rings is 1. The summed E-state index contributed by atoms with van der Waals surface area (Å²) in [5.74, 6) is -0.162. The minimum absolute atomic E-state index is 0.260. The molecule has 0 bridgehead atoms. The second-order valence-corrected chi connectivity index (χ2v) is 4.76. The maximum absolute atomic E-state index is 13.0. The summed E-state index contributed by atoms with van der Waals surface area (Å²) in [5, 5.41) is 0. The number of nitrogens with zero attached hydrogens (tertiary/aromatic N) is 2. The smallest absolute Gasteiger partial charge is 0.253 e. The van der Waals surface area contributed by atoms with Crippen LogP contribution in [0.5, 0.6) is 5.75 Å². The molecule has 0 unspecified atom stereocenters. The first-order valence-corrected chi connectivity index (χ1v) is 6.63. The first-order valence-electron chi connectivity index (χ1n) is 6.63. The van der Waals surface area contributed by atoms with Crippen LogP contribution in [0.4, 0.5) is 4.39 Å². The van der Waals surface area contributed by atoms with Gasteiger partial charge in [-0.1, -0.05) is 17.7 Å². The van der Waals surface area contributed by atoms with Crippen molar-refractivity contribution in [2.75, 3.05) is 20.2 Å². The Bertz CT molecular complexity index is 614. The van der Waals surface area contributed by atoms with E-state index in [0.717, 1.165) is 17.4 Å². The van der Waals surface area contributed by atoms with Crippen molar-refractivity contribution in [3.8, 4) is 5.75 Å². The summed E-state index contributed by atoms with van der Waals surface area (Å²) in [6, 6.07) is 10.3. The molecule has 0 aliphatic rings. The number of rotatable bonds is 5. The highest BCUT2D eigenvalue weighted by atomic mass is 19.1. The van der Waals surface area contributed by atoms with Gasteiger partial charge < -0.3 is 9.64 Å². The van der Waals surface area contributed by atoms with Gasteiger partial charge in [0.25, 0.3) is 5.91 Å². The van der Waals surface area contributed by atoms with Crippen LogP contribution in [0.15, 0.2) is 42.6 Å². The Morgan fingerprint density at radius 2 is 2.00 bits per heavy atom. The number of halogens is 1. The lowest BCUT2D eigenvalue weighted by Gasteiger charge is -2.17. The quantitative estimate of drug-likeness (QED) is 0.794. The fourth-order valence-electron chi connectivity index (χ4n) is 1.79. The van der Waals surface area contributed by atoms with E-state index in [4.69, 9.17) is 4.74 Å². The van der Waals surface area contributed by atoms with Crippen LogP contribution in [0.3, 0.4) is 0 Å². The fraction of sp³-hybridized carbons (Fsp3) is 0.250. The predicted octanol–water partition coefficient (Wildman–Crippen LogP) is 2.68. The Morgan fingerprint density at radius 1 is 1.29 bits per heavy atom. The maximum atomic E-state index is 13.0. The number of likely N-dealkylation sites (N-methyl/N-ethyl adjacent to an activating group) is 1. The molecule has 0 fully saturated rings. The van der Waals surface area contributed by atoms with Gasteiger partial charge in [-0.15, -0.1) is 0 Å². The first kappa shape index (κ1) is 15.0. The van der Waals surface area contributed by atoms with Crippen molar-refractivity contribution in [1.29, 1.82) is 0 Å². The van der Waals surface area contributed by atoms with E-state index in [-0.39, 0.29) is 11.5 Å². The Morgan fingerprint density at radius 3 is 2.67 bits per heavy atom. The highest BCUT2D eigenvalue weighted by Gasteiger charge is 2.12. The monoisotopic (exact) mass is 288 g/mol. The number of carbonyl (C=O) groups is 1. The molecule has 0 spiro atoms. The van der Waals surface area contributed by atoms with Crippen LogP contribution >= 0.6 is 0 Å². The van der Waals surface area contributed by atoms with E-state index < -0.39 is 5.95 Å². The van der Waals surface area contributed by atoms with Gasteiger partial charge in [-0.05, 0) is 25.1 Å². The van der Waals surface area contributed by atoms with Crippen LogP contribution in [-0.4, -0.2) is 36.0 Å². The molecule has 0 saturated carbocycles. The van der Waals surface area contributed by atoms with Gasteiger partial charge in [0.15, 0.2) is 0 Å². The molecule has 110 valence electrons. The van der Waals surface area contributed by atoms with Crippen molar-refractivity contribution in [2.24, 2.45) is 0 Å². The molecular weight excluding hydrogens is 271 g/mol. The van der Waals surface area contributed by atoms with Crippen LogP contribution in [0.2, 0.25) is 0 Å². The fourth-order valence-corrected chi connectivity index (χ4v) is 1.79. The van der Waals surface area contributed by atoms with Crippen molar-refractivity contribution >= 4 is 5.91 Å². The van der Waals surface area contributed by atoms with E-state index in [1.807, 2.05) is 31.2 Å². The first-order chi connectivity index (χ1) is 10.1. The minimum atomic E-state index is -0.662. The topological polar surface area (TPSA) is 42.4 Å². The second kappa shape index (κ2) is 6.83. The van der Waals surface area contributed by atoms with Crippen LogP contribution in [0.1, 0.15) is 15.9 Å². The summed E-state index contributed by atoms with van der Waals surface area (Å²) in [6.45, 7) is 2.79. The number of aryl methyl sites for hydroxylation is 1. The zero-order chi connectivity index (χ0) is 15.2. The number of aromatic nitrogens is 1. The lowest BCUT2D eigenvalue weighted by atomic mass is 10.2. The zero-order valence-electron chi connectivity index (χ0n) is 12.0. The van der Waals surface area contributed by atoms with Gasteiger partial charge in [0, 0.05) is 24.9 Å². The van der Waals surface area contributed by atoms with Crippen molar-refractivity contribution in [3.05, 3.63) is 59.7 Å². The third-order valence-electron chi connectivity index (χ3n) is 3.04. The van der Waals surface area contributed by atoms with Crippen LogP contribution in [0.25, 0.3) is 0 Å². The molecule has 0 radical (unpaired) electrons. The summed E-state index contributed by atoms with van der Waals surface area (Å²) < 4.78 is 18.6. The third kappa shape index (κ3) is 4.27. The normalized spacial score (nSPS) is 10.2. The summed E-state index contributed by atoms with van der Waals surface area (Å²) >= 11 is 0. The van der Waals surface area contributed by atoms with Crippen LogP contribution < -0.4 is 4.74 Å². The van der Waals surface area contributed by atoms with Crippen LogP contribution in [-0.2, 0) is 0 Å². The molecule has 1 aromatic heterocycles. The standard InChI is InChI=1S/C16H17FN2O2/c1-12-3-5-14(6-4-12)21-10-9-19(2)16(20)13-7-8-18-15(17)11-13/h3-8,11H,9-10H2,1-2H3. The maximum Gasteiger partial charge on any atom is 0.253 e. The largest absolute Gasteiger partial charge is 0.492 e. The molecule has 0 aliphatic heterocycles. The van der Waals surface area contributed by atoms with Gasteiger partial charge in [0.1, 0.15) is 12.4 Å². The Kier molecular flexibility index (Phi) is 4.87. The molecular formula is C16H17FN2O2. The Labute approximate surface area is 123 Å². The summed E-state index contributed by atoms with van der Waals surface area (Å²) in [4.78, 5) is 17.0. The molecule has 2 aromatic rings. The number of hydrogen-bond acceptors (Lipinski definition) is 3. The average molecular weight is 288 g/mol. The molecule has 0 aliphatic carbocycles. The molecule has 4 nitrogen and oxygen atoms in total. The van der Waals surface area contributed by atoms with E-state index in [1.54, 1.807) is 7.05 Å². The average Bonchev–Trinajstić information content (AvgIpc) is 2.48. The van der Waals surface area contributed by atoms with E-state index in [1.165, 1.54) is 17.2 Å². The van der Waals surface area contributed by atoms with Gasteiger partial charge in [-0.3, -0.25) is 4.79 Å². The lowest BCUT2D eigenvalue weighted by Crippen LogP contribution is -2.31. The minimum Gasteiger partial charge on any atom is -0.492 e. The number of amides is 1. The van der Waals surface area contributed by atoms with Crippen molar-refractivity contribution < 1.29 is 13.9 Å². The van der Waals surface area contributed by atoms with Gasteiger partial charge in [0.05, 0.1) is 6.54 Å². The molecule has 1 amide bonds. The van der Waals surface area contributed by atoms with E-state index in [9.17, 15) is 9.18 Å². The summed E-state index contributed by atoms with van der Waals surface area (Å²) in [7, 11) is 1.65. The molecule has 0 atom stereocenters. The Hall–Kier alpha value is -2.43. The summed E-state index contributed by atoms with van der Waals surface area (Å²) in [5.41, 5.74) is 1.44. The molecule has 1 heterocycles. The number of hydrogen-bond donors (Lipinski definition) is 0. The number of pyridine rings is 1. The van der Waals surface area contributed by atoms with Crippen LogP contribution in [0, 0.1) is 12.9 Å². The molecule has 0 saturated heterocycles. The second-order valence-electron chi connectivity index (χ2n) is 4.76. The van der Waals surface area contributed by atoms with Gasteiger partial charge in [-0.2, -0.15) is 4.39 Å². The molecule has 1 aromatic carbocycles. The molecule has 5 heteroatoms. The van der Waals surface area contributed by atoms with Crippen molar-refractivity contribution in [1.82, 2.24) is 9.88 Å². The highest BCUT2D eigenvalue weighted by molar-refractivity contribution is 5.93. The van der Waals surface area contributed by atoms with E-state index >= 15 is 0 Å². The number of ether oxygens (including phenoxy) is 1. The van der Waals surface area contributed by atoms with Gasteiger partial charge in [-0.25, -0.2) is 4.98 Å². The molecule has 2 rings (SSSR count). The zero-order valence-corrected chi connectivity index (χ0v) is 12.0. The summed E-state index contributed by atoms with van der Waals surface area (Å²) in [6.07, 6.45) is 1.28. The highest BCUT2D eigenvalue weighted by Crippen LogP contribution is 2.11. The third-order valence-corrected chi connectivity index (χ3v) is 3.04. The lowest BCUT2D eigenvalue weighted by molar-refractivity contribution is 0.0773. The van der Waals surface area contributed by atoms with Crippen molar-refractivity contribution in [3.63, 3.8) is 0 Å². The van der Waals surface area contributed by atoms with E-state index in [0.29, 0.717) is 13.2 Å². The Balaban J connectivity index is 1.85. The van der Waals surface area contributed by atoms with Crippen molar-refractivity contribution in [2.45, 2.75) is 6.92 Å². The predicted molar refractivity (Wildman–Crippen MR) is 77.8 cm³/mol. The van der Waals surface area contributed by atoms with Gasteiger partial charge >= 0.3 is 0 Å². The molecule has 21 heavy (non-hydrogen) atoms. The molecule has 0 N–H and O–H groups in total. The number of carbonyl (C=O) groups excluding carboxylic acids is 1.